The molecule has 1 aromatic heterocycles. The molecule has 4 heteroatoms. The first kappa shape index (κ1) is 15.2. The lowest BCUT2D eigenvalue weighted by Gasteiger charge is -2.08. The molecule has 2 N–H and O–H groups in total. The first-order valence-electron chi connectivity index (χ1n) is 7.49. The average molecular weight is 285 g/mol. The van der Waals surface area contributed by atoms with Crippen molar-refractivity contribution in [3.63, 3.8) is 0 Å². The van der Waals surface area contributed by atoms with Gasteiger partial charge in [-0.25, -0.2) is 0 Å². The second-order valence-electron chi connectivity index (χ2n) is 5.09. The van der Waals surface area contributed by atoms with Crippen LogP contribution in [0.15, 0.2) is 42.7 Å². The van der Waals surface area contributed by atoms with Crippen LogP contribution in [-0.4, -0.2) is 10.5 Å². The predicted octanol–water partition coefficient (Wildman–Crippen LogP) is 3.86. The third kappa shape index (κ3) is 4.67. The first-order valence-corrected chi connectivity index (χ1v) is 7.49. The van der Waals surface area contributed by atoms with Gasteiger partial charge in [-0.2, -0.15) is 0 Å². The number of carbonyl (C=O) groups is 1. The fourth-order valence-corrected chi connectivity index (χ4v) is 2.15. The zero-order chi connectivity index (χ0) is 15.1. The van der Waals surface area contributed by atoms with E-state index in [1.54, 1.807) is 0 Å². The summed E-state index contributed by atoms with van der Waals surface area (Å²) < 4.78 is 2.20. The van der Waals surface area contributed by atoms with Crippen LogP contribution in [-0.2, 0) is 17.9 Å². The maximum absolute atomic E-state index is 11.4. The Labute approximate surface area is 126 Å². The normalized spacial score (nSPS) is 10.4. The highest BCUT2D eigenvalue weighted by Gasteiger charge is 2.01. The van der Waals surface area contributed by atoms with Crippen LogP contribution >= 0.6 is 0 Å². The summed E-state index contributed by atoms with van der Waals surface area (Å²) in [5, 5.41) is 6.25. The van der Waals surface area contributed by atoms with Crippen LogP contribution < -0.4 is 10.6 Å². The number of nitrogens with one attached hydrogen (secondary N) is 2. The maximum atomic E-state index is 11.4. The number of anilines is 2. The molecule has 2 rings (SSSR count). The molecule has 4 nitrogen and oxygen atoms in total. The van der Waals surface area contributed by atoms with Crippen LogP contribution in [0.4, 0.5) is 11.4 Å². The molecule has 0 saturated carbocycles. The number of amides is 1. The van der Waals surface area contributed by atoms with Crippen LogP contribution in [0.3, 0.4) is 0 Å². The Kier molecular flexibility index (Phi) is 5.43. The first-order chi connectivity index (χ1) is 10.2. The molecule has 2 aromatic rings. The van der Waals surface area contributed by atoms with E-state index < -0.39 is 0 Å². The van der Waals surface area contributed by atoms with Gasteiger partial charge < -0.3 is 15.2 Å². The minimum absolute atomic E-state index is 0.0313. The topological polar surface area (TPSA) is 46.1 Å². The Balaban J connectivity index is 1.93. The summed E-state index contributed by atoms with van der Waals surface area (Å²) in [5.41, 5.74) is 3.09. The fourth-order valence-electron chi connectivity index (χ4n) is 2.15. The van der Waals surface area contributed by atoms with Gasteiger partial charge in [0.15, 0.2) is 0 Å². The van der Waals surface area contributed by atoms with Gasteiger partial charge in [0, 0.05) is 43.3 Å². The second-order valence-corrected chi connectivity index (χ2v) is 5.09. The summed E-state index contributed by atoms with van der Waals surface area (Å²) in [7, 11) is 0. The number of benzene rings is 1. The summed E-state index contributed by atoms with van der Waals surface area (Å²) in [6.07, 6.45) is 5.90. The van der Waals surface area contributed by atoms with E-state index in [0.29, 0.717) is 6.42 Å². The van der Waals surface area contributed by atoms with E-state index in [1.165, 1.54) is 5.56 Å². The highest BCUT2D eigenvalue weighted by Crippen LogP contribution is 2.16. The minimum atomic E-state index is 0.0313. The van der Waals surface area contributed by atoms with Gasteiger partial charge in [0.25, 0.3) is 0 Å². The Bertz CT molecular complexity index is 589. The molecule has 1 amide bonds. The van der Waals surface area contributed by atoms with Gasteiger partial charge in [0.1, 0.15) is 0 Å². The van der Waals surface area contributed by atoms with E-state index >= 15 is 0 Å². The molecule has 1 aromatic carbocycles. The third-order valence-electron chi connectivity index (χ3n) is 3.26. The van der Waals surface area contributed by atoms with E-state index in [2.05, 4.69) is 40.6 Å². The molecule has 0 unspecified atom stereocenters. The van der Waals surface area contributed by atoms with Crippen molar-refractivity contribution in [3.05, 3.63) is 48.3 Å². The molecule has 0 aliphatic heterocycles. The largest absolute Gasteiger partial charge is 0.381 e. The number of nitrogens with zero attached hydrogens (tertiary/aromatic N) is 1. The summed E-state index contributed by atoms with van der Waals surface area (Å²) in [6.45, 7) is 5.85. The zero-order valence-corrected chi connectivity index (χ0v) is 12.7. The number of aryl methyl sites for hydroxylation is 1. The maximum Gasteiger partial charge on any atom is 0.224 e. The van der Waals surface area contributed by atoms with Gasteiger partial charge in [-0.3, -0.25) is 4.79 Å². The SMILES string of the molecule is CCCn1ccc(CNc2cccc(NC(=O)CC)c2)c1. The summed E-state index contributed by atoms with van der Waals surface area (Å²) in [5.74, 6) is 0.0313. The molecule has 0 bridgehead atoms. The highest BCUT2D eigenvalue weighted by atomic mass is 16.1. The Morgan fingerprint density at radius 1 is 1.19 bits per heavy atom. The Morgan fingerprint density at radius 3 is 2.76 bits per heavy atom. The molecule has 0 spiro atoms. The molecular formula is C17H23N3O. The number of hydrogen-bond donors (Lipinski definition) is 2. The van der Waals surface area contributed by atoms with Crippen molar-refractivity contribution in [2.75, 3.05) is 10.6 Å². The quantitative estimate of drug-likeness (QED) is 0.811. The summed E-state index contributed by atoms with van der Waals surface area (Å²) in [6, 6.07) is 9.93. The van der Waals surface area contributed by atoms with E-state index in [4.69, 9.17) is 0 Å². The summed E-state index contributed by atoms with van der Waals surface area (Å²) >= 11 is 0. The van der Waals surface area contributed by atoms with Crippen molar-refractivity contribution in [1.82, 2.24) is 4.57 Å². The lowest BCUT2D eigenvalue weighted by Crippen LogP contribution is -2.09. The van der Waals surface area contributed by atoms with Crippen molar-refractivity contribution >= 4 is 17.3 Å². The molecule has 0 aliphatic carbocycles. The van der Waals surface area contributed by atoms with E-state index in [-0.39, 0.29) is 5.91 Å². The van der Waals surface area contributed by atoms with Crippen molar-refractivity contribution < 1.29 is 4.79 Å². The van der Waals surface area contributed by atoms with Crippen LogP contribution in [0, 0.1) is 0 Å². The fraction of sp³-hybridized carbons (Fsp3) is 0.353. The predicted molar refractivity (Wildman–Crippen MR) is 87.4 cm³/mol. The smallest absolute Gasteiger partial charge is 0.224 e. The third-order valence-corrected chi connectivity index (χ3v) is 3.26. The Morgan fingerprint density at radius 2 is 2.00 bits per heavy atom. The van der Waals surface area contributed by atoms with Crippen LogP contribution in [0.5, 0.6) is 0 Å². The molecule has 0 aliphatic rings. The molecular weight excluding hydrogens is 262 g/mol. The summed E-state index contributed by atoms with van der Waals surface area (Å²) in [4.78, 5) is 11.4. The van der Waals surface area contributed by atoms with E-state index in [0.717, 1.165) is 30.9 Å². The van der Waals surface area contributed by atoms with Gasteiger partial charge in [-0.05, 0) is 36.2 Å². The average Bonchev–Trinajstić information content (AvgIpc) is 2.93. The van der Waals surface area contributed by atoms with Crippen molar-refractivity contribution in [2.24, 2.45) is 0 Å². The van der Waals surface area contributed by atoms with Crippen molar-refractivity contribution in [3.8, 4) is 0 Å². The van der Waals surface area contributed by atoms with Crippen LogP contribution in [0.2, 0.25) is 0 Å². The van der Waals surface area contributed by atoms with Gasteiger partial charge >= 0.3 is 0 Å². The van der Waals surface area contributed by atoms with Crippen molar-refractivity contribution in [2.45, 2.75) is 39.8 Å². The number of rotatable bonds is 7. The van der Waals surface area contributed by atoms with Crippen molar-refractivity contribution in [1.29, 1.82) is 0 Å². The Hall–Kier alpha value is -2.23. The number of hydrogen-bond acceptors (Lipinski definition) is 2. The van der Waals surface area contributed by atoms with Gasteiger partial charge in [-0.15, -0.1) is 0 Å². The van der Waals surface area contributed by atoms with E-state index in [9.17, 15) is 4.79 Å². The number of aromatic nitrogens is 1. The lowest BCUT2D eigenvalue weighted by atomic mass is 10.2. The highest BCUT2D eigenvalue weighted by molar-refractivity contribution is 5.90. The second kappa shape index (κ2) is 7.53. The minimum Gasteiger partial charge on any atom is -0.381 e. The molecule has 0 saturated heterocycles. The molecule has 21 heavy (non-hydrogen) atoms. The molecule has 112 valence electrons. The lowest BCUT2D eigenvalue weighted by molar-refractivity contribution is -0.115. The monoisotopic (exact) mass is 285 g/mol. The van der Waals surface area contributed by atoms with Gasteiger partial charge in [-0.1, -0.05) is 19.9 Å². The van der Waals surface area contributed by atoms with Gasteiger partial charge in [0.2, 0.25) is 5.91 Å². The molecule has 0 fully saturated rings. The van der Waals surface area contributed by atoms with E-state index in [1.807, 2.05) is 31.2 Å². The van der Waals surface area contributed by atoms with Gasteiger partial charge in [0.05, 0.1) is 0 Å². The number of carbonyl (C=O) groups excluding carboxylic acids is 1. The zero-order valence-electron chi connectivity index (χ0n) is 12.7. The molecule has 1 heterocycles. The van der Waals surface area contributed by atoms with Crippen LogP contribution in [0.1, 0.15) is 32.3 Å². The molecule has 0 atom stereocenters. The standard InChI is InChI=1S/C17H23N3O/c1-3-9-20-10-8-14(13-20)12-18-15-6-5-7-16(11-15)19-17(21)4-2/h5-8,10-11,13,18H,3-4,9,12H2,1-2H3,(H,19,21). The van der Waals surface area contributed by atoms with Crippen LogP contribution in [0.25, 0.3) is 0 Å². The molecule has 0 radical (unpaired) electrons.